The molecule has 5 nitrogen and oxygen atoms in total. The van der Waals surface area contributed by atoms with Crippen LogP contribution in [0.4, 0.5) is 0 Å². The van der Waals surface area contributed by atoms with E-state index in [0.29, 0.717) is 19.4 Å². The lowest BCUT2D eigenvalue weighted by atomic mass is 10.00. The highest BCUT2D eigenvalue weighted by Gasteiger charge is 2.35. The van der Waals surface area contributed by atoms with Crippen LogP contribution in [0.25, 0.3) is 0 Å². The molecule has 1 atom stereocenters. The van der Waals surface area contributed by atoms with E-state index in [9.17, 15) is 14.7 Å². The Bertz CT molecular complexity index is 324. The minimum Gasteiger partial charge on any atom is -0.389 e. The zero-order valence-corrected chi connectivity index (χ0v) is 10.2. The minimum atomic E-state index is -0.652. The van der Waals surface area contributed by atoms with Crippen LogP contribution in [0.1, 0.15) is 38.5 Å². The minimum absolute atomic E-state index is 0.118. The van der Waals surface area contributed by atoms with Crippen LogP contribution in [-0.2, 0) is 9.59 Å². The maximum absolute atomic E-state index is 11.8. The second kappa shape index (κ2) is 4.74. The summed E-state index contributed by atoms with van der Waals surface area (Å²) >= 11 is 0. The molecule has 0 bridgehead atoms. The third-order valence-corrected chi connectivity index (χ3v) is 3.86. The normalized spacial score (nSPS) is 28.8. The molecule has 96 valence electrons. The third-order valence-electron chi connectivity index (χ3n) is 3.86. The smallest absolute Gasteiger partial charge is 0.246 e. The van der Waals surface area contributed by atoms with Gasteiger partial charge in [0.1, 0.15) is 0 Å². The molecule has 2 fully saturated rings. The molecule has 1 aliphatic carbocycles. The Kier molecular flexibility index (Phi) is 3.49. The number of rotatable bonds is 3. The van der Waals surface area contributed by atoms with Crippen molar-refractivity contribution < 1.29 is 14.7 Å². The molecule has 2 rings (SSSR count). The van der Waals surface area contributed by atoms with Gasteiger partial charge in [0.15, 0.2) is 0 Å². The highest BCUT2D eigenvalue weighted by Crippen LogP contribution is 2.29. The summed E-state index contributed by atoms with van der Waals surface area (Å²) in [5.41, 5.74) is -0.652. The number of likely N-dealkylation sites (tertiary alicyclic amines) is 1. The average Bonchev–Trinajstić information content (AvgIpc) is 2.73. The van der Waals surface area contributed by atoms with E-state index >= 15 is 0 Å². The first kappa shape index (κ1) is 12.5. The lowest BCUT2D eigenvalue weighted by Crippen LogP contribution is -2.54. The van der Waals surface area contributed by atoms with Crippen LogP contribution >= 0.6 is 0 Å². The number of amides is 2. The number of aliphatic hydroxyl groups is 1. The summed E-state index contributed by atoms with van der Waals surface area (Å²) in [7, 11) is 1.52. The topological polar surface area (TPSA) is 69.6 Å². The molecule has 5 heteroatoms. The van der Waals surface area contributed by atoms with Crippen LogP contribution in [0.15, 0.2) is 0 Å². The van der Waals surface area contributed by atoms with Crippen molar-refractivity contribution in [3.05, 3.63) is 0 Å². The molecule has 2 aliphatic rings. The summed E-state index contributed by atoms with van der Waals surface area (Å²) in [6, 6.07) is -0.317. The molecule has 2 amide bonds. The molecule has 1 saturated heterocycles. The van der Waals surface area contributed by atoms with Gasteiger partial charge in [0.05, 0.1) is 11.6 Å². The molecule has 0 aromatic carbocycles. The predicted octanol–water partition coefficient (Wildman–Crippen LogP) is 0.0285. The van der Waals surface area contributed by atoms with Gasteiger partial charge in [0, 0.05) is 20.0 Å². The van der Waals surface area contributed by atoms with Crippen LogP contribution in [0.3, 0.4) is 0 Å². The lowest BCUT2D eigenvalue weighted by Gasteiger charge is -2.31. The first-order valence-electron chi connectivity index (χ1n) is 6.28. The van der Waals surface area contributed by atoms with Crippen molar-refractivity contribution in [2.45, 2.75) is 50.2 Å². The lowest BCUT2D eigenvalue weighted by molar-refractivity contribution is -0.148. The SMILES string of the molecule is CN1C(=O)CCC(NCC2(O)CCCC2)C1=O. The number of carbonyl (C=O) groups excluding carboxylic acids is 2. The Labute approximate surface area is 101 Å². The van der Waals surface area contributed by atoms with E-state index < -0.39 is 5.60 Å². The molecule has 0 aromatic rings. The largest absolute Gasteiger partial charge is 0.389 e. The van der Waals surface area contributed by atoms with Crippen LogP contribution in [0, 0.1) is 0 Å². The van der Waals surface area contributed by atoms with E-state index in [4.69, 9.17) is 0 Å². The molecule has 1 heterocycles. The van der Waals surface area contributed by atoms with Crippen molar-refractivity contribution in [3.63, 3.8) is 0 Å². The zero-order valence-electron chi connectivity index (χ0n) is 10.2. The number of hydrogen-bond acceptors (Lipinski definition) is 4. The summed E-state index contributed by atoms with van der Waals surface area (Å²) in [6.07, 6.45) is 4.64. The zero-order chi connectivity index (χ0) is 12.5. The molecule has 2 N–H and O–H groups in total. The molecule has 0 radical (unpaired) electrons. The van der Waals surface area contributed by atoms with E-state index in [0.717, 1.165) is 25.7 Å². The van der Waals surface area contributed by atoms with Crippen LogP contribution in [0.5, 0.6) is 0 Å². The fourth-order valence-electron chi connectivity index (χ4n) is 2.63. The van der Waals surface area contributed by atoms with Crippen molar-refractivity contribution in [2.75, 3.05) is 13.6 Å². The second-order valence-electron chi connectivity index (χ2n) is 5.19. The standard InChI is InChI=1S/C12H20N2O3/c1-14-10(15)5-4-9(11(14)16)13-8-12(17)6-2-3-7-12/h9,13,17H,2-8H2,1H3. The summed E-state index contributed by atoms with van der Waals surface area (Å²) in [4.78, 5) is 24.3. The molecule has 0 aromatic heterocycles. The second-order valence-corrected chi connectivity index (χ2v) is 5.19. The first-order valence-corrected chi connectivity index (χ1v) is 6.28. The van der Waals surface area contributed by atoms with Gasteiger partial charge in [-0.25, -0.2) is 0 Å². The number of piperidine rings is 1. The van der Waals surface area contributed by atoms with Gasteiger partial charge < -0.3 is 10.4 Å². The van der Waals surface area contributed by atoms with E-state index in [1.165, 1.54) is 11.9 Å². The van der Waals surface area contributed by atoms with Gasteiger partial charge >= 0.3 is 0 Å². The Hall–Kier alpha value is -0.940. The van der Waals surface area contributed by atoms with Gasteiger partial charge in [-0.1, -0.05) is 12.8 Å². The molecule has 1 saturated carbocycles. The van der Waals surface area contributed by atoms with Crippen LogP contribution < -0.4 is 5.32 Å². The fourth-order valence-corrected chi connectivity index (χ4v) is 2.63. The van der Waals surface area contributed by atoms with Gasteiger partial charge in [-0.15, -0.1) is 0 Å². The molecule has 17 heavy (non-hydrogen) atoms. The molecular formula is C12H20N2O3. The average molecular weight is 240 g/mol. The van der Waals surface area contributed by atoms with Crippen molar-refractivity contribution in [1.29, 1.82) is 0 Å². The predicted molar refractivity (Wildman–Crippen MR) is 62.2 cm³/mol. The van der Waals surface area contributed by atoms with Gasteiger partial charge in [0.2, 0.25) is 11.8 Å². The van der Waals surface area contributed by atoms with Crippen LogP contribution in [0.2, 0.25) is 0 Å². The fraction of sp³-hybridized carbons (Fsp3) is 0.833. The van der Waals surface area contributed by atoms with E-state index in [1.54, 1.807) is 0 Å². The first-order chi connectivity index (χ1) is 8.02. The molecule has 1 aliphatic heterocycles. The van der Waals surface area contributed by atoms with E-state index in [-0.39, 0.29) is 17.9 Å². The Morgan fingerprint density at radius 1 is 1.41 bits per heavy atom. The maximum Gasteiger partial charge on any atom is 0.246 e. The van der Waals surface area contributed by atoms with Crippen molar-refractivity contribution in [1.82, 2.24) is 10.2 Å². The summed E-state index contributed by atoms with van der Waals surface area (Å²) in [5, 5.41) is 13.3. The number of likely N-dealkylation sites (N-methyl/N-ethyl adjacent to an activating group) is 1. The third kappa shape index (κ3) is 2.66. The molecular weight excluding hydrogens is 220 g/mol. The highest BCUT2D eigenvalue weighted by atomic mass is 16.3. The number of nitrogens with one attached hydrogen (secondary N) is 1. The van der Waals surface area contributed by atoms with Gasteiger partial charge in [-0.3, -0.25) is 14.5 Å². The molecule has 0 spiro atoms. The Balaban J connectivity index is 1.87. The van der Waals surface area contributed by atoms with Crippen molar-refractivity contribution in [3.8, 4) is 0 Å². The van der Waals surface area contributed by atoms with Crippen LogP contribution in [-0.4, -0.2) is 47.1 Å². The maximum atomic E-state index is 11.8. The summed E-state index contributed by atoms with van der Waals surface area (Å²) in [6.45, 7) is 0.450. The van der Waals surface area contributed by atoms with Gasteiger partial charge in [0.25, 0.3) is 0 Å². The summed E-state index contributed by atoms with van der Waals surface area (Å²) < 4.78 is 0. The number of carbonyl (C=O) groups is 2. The highest BCUT2D eigenvalue weighted by molar-refractivity contribution is 6.00. The van der Waals surface area contributed by atoms with E-state index in [1.807, 2.05) is 0 Å². The Morgan fingerprint density at radius 2 is 2.06 bits per heavy atom. The van der Waals surface area contributed by atoms with Crippen molar-refractivity contribution >= 4 is 11.8 Å². The number of imide groups is 1. The quantitative estimate of drug-likeness (QED) is 0.683. The van der Waals surface area contributed by atoms with E-state index in [2.05, 4.69) is 5.32 Å². The monoisotopic (exact) mass is 240 g/mol. The number of hydrogen-bond donors (Lipinski definition) is 2. The van der Waals surface area contributed by atoms with Gasteiger partial charge in [-0.05, 0) is 19.3 Å². The van der Waals surface area contributed by atoms with Gasteiger partial charge in [-0.2, -0.15) is 0 Å². The number of nitrogens with zero attached hydrogens (tertiary/aromatic N) is 1. The van der Waals surface area contributed by atoms with Crippen molar-refractivity contribution in [2.24, 2.45) is 0 Å². The molecule has 1 unspecified atom stereocenters. The Morgan fingerprint density at radius 3 is 2.71 bits per heavy atom. The summed E-state index contributed by atoms with van der Waals surface area (Å²) in [5.74, 6) is -0.296.